The second kappa shape index (κ2) is 2.75. The number of carboxylic acids is 1. The summed E-state index contributed by atoms with van der Waals surface area (Å²) in [5.74, 6) is -1.03. The van der Waals surface area contributed by atoms with Gasteiger partial charge in [0.1, 0.15) is 6.10 Å². The van der Waals surface area contributed by atoms with Gasteiger partial charge in [0.05, 0.1) is 5.92 Å². The monoisotopic (exact) mass is 170 g/mol. The zero-order valence-electron chi connectivity index (χ0n) is 6.49. The van der Waals surface area contributed by atoms with Gasteiger partial charge >= 0.3 is 5.97 Å². The third kappa shape index (κ3) is 1.06. The zero-order chi connectivity index (χ0) is 8.55. The van der Waals surface area contributed by atoms with Crippen LogP contribution in [0.1, 0.15) is 6.42 Å². The molecule has 0 bridgehead atoms. The van der Waals surface area contributed by atoms with Crippen LogP contribution >= 0.6 is 0 Å². The number of carbonyl (C=O) groups is 1. The Balaban J connectivity index is 2.13. The molecule has 2 heterocycles. The van der Waals surface area contributed by atoms with Crippen LogP contribution in [0, 0.1) is 5.92 Å². The van der Waals surface area contributed by atoms with E-state index in [-0.39, 0.29) is 17.7 Å². The minimum absolute atomic E-state index is 0.0163. The summed E-state index contributed by atoms with van der Waals surface area (Å²) in [6, 6.07) is 0. The molecular formula is C7H10N2O3. The van der Waals surface area contributed by atoms with Crippen molar-refractivity contribution in [2.45, 2.75) is 12.5 Å². The quantitative estimate of drug-likeness (QED) is 0.553. The summed E-state index contributed by atoms with van der Waals surface area (Å²) in [7, 11) is 0. The van der Waals surface area contributed by atoms with Crippen LogP contribution in [0.15, 0.2) is 5.16 Å². The third-order valence-corrected chi connectivity index (χ3v) is 2.28. The molecule has 12 heavy (non-hydrogen) atoms. The Morgan fingerprint density at radius 3 is 3.33 bits per heavy atom. The highest BCUT2D eigenvalue weighted by molar-refractivity contribution is 6.36. The summed E-state index contributed by atoms with van der Waals surface area (Å²) in [4.78, 5) is 15.6. The van der Waals surface area contributed by atoms with Crippen LogP contribution in [0.4, 0.5) is 0 Å². The molecule has 2 atom stereocenters. The fraction of sp³-hybridized carbons (Fsp3) is 0.714. The molecular weight excluding hydrogens is 160 g/mol. The summed E-state index contributed by atoms with van der Waals surface area (Å²) in [5, 5.41) is 15.4. The Morgan fingerprint density at radius 2 is 2.58 bits per heavy atom. The molecule has 0 aromatic rings. The highest BCUT2D eigenvalue weighted by atomic mass is 16.6. The highest BCUT2D eigenvalue weighted by Gasteiger charge is 2.39. The van der Waals surface area contributed by atoms with Gasteiger partial charge in [-0.05, 0) is 6.54 Å². The Morgan fingerprint density at radius 1 is 1.75 bits per heavy atom. The number of piperidine rings is 1. The molecule has 2 unspecified atom stereocenters. The van der Waals surface area contributed by atoms with Gasteiger partial charge in [0, 0.05) is 13.0 Å². The lowest BCUT2D eigenvalue weighted by molar-refractivity contribution is -0.129. The maximum Gasteiger partial charge on any atom is 0.354 e. The van der Waals surface area contributed by atoms with Gasteiger partial charge < -0.3 is 15.3 Å². The number of oxime groups is 1. The number of fused-ring (bicyclic) bond motifs is 1. The van der Waals surface area contributed by atoms with Gasteiger partial charge in [-0.1, -0.05) is 5.16 Å². The molecule has 0 aliphatic carbocycles. The van der Waals surface area contributed by atoms with Crippen LogP contribution in [-0.2, 0) is 9.63 Å². The number of nitrogens with one attached hydrogen (secondary N) is 1. The van der Waals surface area contributed by atoms with Crippen LogP contribution in [0.25, 0.3) is 0 Å². The Kier molecular flexibility index (Phi) is 1.73. The topological polar surface area (TPSA) is 70.9 Å². The molecule has 2 rings (SSSR count). The largest absolute Gasteiger partial charge is 0.477 e. The molecule has 1 saturated heterocycles. The van der Waals surface area contributed by atoms with E-state index in [0.717, 1.165) is 13.0 Å². The first kappa shape index (κ1) is 7.54. The van der Waals surface area contributed by atoms with E-state index in [1.807, 2.05) is 0 Å². The van der Waals surface area contributed by atoms with Crippen molar-refractivity contribution in [2.24, 2.45) is 11.1 Å². The normalized spacial score (nSPS) is 33.5. The first-order valence-corrected chi connectivity index (χ1v) is 3.97. The number of carboxylic acid groups (broad SMARTS) is 1. The van der Waals surface area contributed by atoms with Crippen molar-refractivity contribution >= 4 is 11.7 Å². The smallest absolute Gasteiger partial charge is 0.354 e. The molecule has 2 N–H and O–H groups in total. The lowest BCUT2D eigenvalue weighted by atomic mass is 9.92. The van der Waals surface area contributed by atoms with E-state index in [0.29, 0.717) is 6.54 Å². The van der Waals surface area contributed by atoms with Crippen molar-refractivity contribution < 1.29 is 14.7 Å². The summed E-state index contributed by atoms with van der Waals surface area (Å²) < 4.78 is 0. The van der Waals surface area contributed by atoms with E-state index >= 15 is 0 Å². The Labute approximate surface area is 69.4 Å². The predicted octanol–water partition coefficient (Wildman–Crippen LogP) is -0.565. The molecule has 1 fully saturated rings. The lowest BCUT2D eigenvalue weighted by Crippen LogP contribution is -2.43. The molecule has 0 aromatic carbocycles. The summed E-state index contributed by atoms with van der Waals surface area (Å²) in [6.45, 7) is 1.54. The second-order valence-corrected chi connectivity index (χ2v) is 3.02. The van der Waals surface area contributed by atoms with E-state index in [4.69, 9.17) is 9.94 Å². The van der Waals surface area contributed by atoms with E-state index in [9.17, 15) is 4.79 Å². The Bertz CT molecular complexity index is 239. The van der Waals surface area contributed by atoms with Gasteiger partial charge in [-0.2, -0.15) is 0 Å². The molecule has 0 saturated carbocycles. The van der Waals surface area contributed by atoms with Crippen LogP contribution in [0.2, 0.25) is 0 Å². The summed E-state index contributed by atoms with van der Waals surface area (Å²) in [5.41, 5.74) is 0.159. The third-order valence-electron chi connectivity index (χ3n) is 2.28. The minimum atomic E-state index is -0.966. The van der Waals surface area contributed by atoms with Gasteiger partial charge in [-0.25, -0.2) is 4.79 Å². The molecule has 0 aromatic heterocycles. The van der Waals surface area contributed by atoms with Gasteiger partial charge in [0.2, 0.25) is 0 Å². The van der Waals surface area contributed by atoms with Crippen LogP contribution in [0.3, 0.4) is 0 Å². The SMILES string of the molecule is O=C(O)C1=NOC2CCNCC12. The fourth-order valence-electron chi connectivity index (χ4n) is 1.62. The van der Waals surface area contributed by atoms with Gasteiger partial charge in [0.15, 0.2) is 5.71 Å². The van der Waals surface area contributed by atoms with Gasteiger partial charge in [-0.3, -0.25) is 0 Å². The number of hydrogen-bond donors (Lipinski definition) is 2. The molecule has 2 aliphatic heterocycles. The number of rotatable bonds is 1. The average Bonchev–Trinajstić information content (AvgIpc) is 2.47. The van der Waals surface area contributed by atoms with E-state index in [2.05, 4.69) is 10.5 Å². The van der Waals surface area contributed by atoms with Crippen molar-refractivity contribution in [3.8, 4) is 0 Å². The van der Waals surface area contributed by atoms with Gasteiger partial charge in [0.25, 0.3) is 0 Å². The number of aliphatic carboxylic acids is 1. The van der Waals surface area contributed by atoms with Crippen molar-refractivity contribution in [3.63, 3.8) is 0 Å². The predicted molar refractivity (Wildman–Crippen MR) is 40.9 cm³/mol. The molecule has 66 valence electrons. The standard InChI is InChI=1S/C7H10N2O3/c10-7(11)6-4-3-8-2-1-5(4)12-9-6/h4-5,8H,1-3H2,(H,10,11). The van der Waals surface area contributed by atoms with E-state index in [1.165, 1.54) is 0 Å². The maximum absolute atomic E-state index is 10.6. The van der Waals surface area contributed by atoms with Crippen molar-refractivity contribution in [1.82, 2.24) is 5.32 Å². The molecule has 5 heteroatoms. The van der Waals surface area contributed by atoms with Crippen molar-refractivity contribution in [1.29, 1.82) is 0 Å². The molecule has 0 amide bonds. The molecule has 0 radical (unpaired) electrons. The van der Waals surface area contributed by atoms with Crippen LogP contribution in [-0.4, -0.2) is 36.0 Å². The minimum Gasteiger partial charge on any atom is -0.477 e. The van der Waals surface area contributed by atoms with E-state index < -0.39 is 5.97 Å². The van der Waals surface area contributed by atoms with Crippen LogP contribution in [0.5, 0.6) is 0 Å². The number of nitrogens with zero attached hydrogens (tertiary/aromatic N) is 1. The van der Waals surface area contributed by atoms with Crippen molar-refractivity contribution in [2.75, 3.05) is 13.1 Å². The second-order valence-electron chi connectivity index (χ2n) is 3.02. The first-order chi connectivity index (χ1) is 5.79. The lowest BCUT2D eigenvalue weighted by Gasteiger charge is -2.23. The zero-order valence-corrected chi connectivity index (χ0v) is 6.49. The summed E-state index contributed by atoms with van der Waals surface area (Å²) >= 11 is 0. The Hall–Kier alpha value is -1.10. The highest BCUT2D eigenvalue weighted by Crippen LogP contribution is 2.23. The molecule has 5 nitrogen and oxygen atoms in total. The molecule has 2 aliphatic rings. The molecule has 0 spiro atoms. The number of hydrogen-bond acceptors (Lipinski definition) is 4. The maximum atomic E-state index is 10.6. The van der Waals surface area contributed by atoms with Gasteiger partial charge in [-0.15, -0.1) is 0 Å². The average molecular weight is 170 g/mol. The first-order valence-electron chi connectivity index (χ1n) is 3.97. The summed E-state index contributed by atoms with van der Waals surface area (Å²) in [6.07, 6.45) is 0.822. The van der Waals surface area contributed by atoms with E-state index in [1.54, 1.807) is 0 Å². The van der Waals surface area contributed by atoms with Crippen molar-refractivity contribution in [3.05, 3.63) is 0 Å². The fourth-order valence-corrected chi connectivity index (χ4v) is 1.62. The van der Waals surface area contributed by atoms with Crippen LogP contribution < -0.4 is 5.32 Å².